The van der Waals surface area contributed by atoms with Gasteiger partial charge in [0.2, 0.25) is 0 Å². The fourth-order valence-corrected chi connectivity index (χ4v) is 2.75. The Balaban J connectivity index is 2.25. The van der Waals surface area contributed by atoms with Crippen LogP contribution in [0.1, 0.15) is 31.9 Å². The molecule has 2 N–H and O–H groups in total. The Kier molecular flexibility index (Phi) is 4.06. The second-order valence-electron chi connectivity index (χ2n) is 5.74. The van der Waals surface area contributed by atoms with E-state index in [1.807, 2.05) is 12.1 Å². The molecule has 2 aromatic rings. The summed E-state index contributed by atoms with van der Waals surface area (Å²) in [6.45, 7) is 6.59. The highest BCUT2D eigenvalue weighted by molar-refractivity contribution is 7.99. The highest BCUT2D eigenvalue weighted by atomic mass is 32.2. The maximum absolute atomic E-state index is 9.15. The van der Waals surface area contributed by atoms with E-state index in [1.165, 1.54) is 5.56 Å². The van der Waals surface area contributed by atoms with Crippen LogP contribution in [0.4, 0.5) is 5.69 Å². The van der Waals surface area contributed by atoms with E-state index >= 15 is 0 Å². The third-order valence-corrected chi connectivity index (χ3v) is 4.16. The van der Waals surface area contributed by atoms with Gasteiger partial charge in [0.05, 0.1) is 5.56 Å². The average molecular weight is 282 g/mol. The lowest BCUT2D eigenvalue weighted by Gasteiger charge is -2.19. The molecule has 0 atom stereocenters. The van der Waals surface area contributed by atoms with Crippen molar-refractivity contribution in [2.75, 3.05) is 5.73 Å². The van der Waals surface area contributed by atoms with Gasteiger partial charge in [-0.3, -0.25) is 0 Å². The standard InChI is InChI=1S/C17H18N2S/c1-17(2,3)13-4-7-15(8-5-13)20-16-9-6-14(19)10-12(16)11-18/h4-10H,19H2,1-3H3. The number of nitrogen functional groups attached to an aromatic ring is 1. The van der Waals surface area contributed by atoms with Crippen LogP contribution in [0.15, 0.2) is 52.3 Å². The van der Waals surface area contributed by atoms with Crippen molar-refractivity contribution in [2.45, 2.75) is 36.0 Å². The molecule has 0 aromatic heterocycles. The fourth-order valence-electron chi connectivity index (χ4n) is 1.87. The number of rotatable bonds is 2. The van der Waals surface area contributed by atoms with Crippen LogP contribution in [0, 0.1) is 11.3 Å². The number of nitrogens with two attached hydrogens (primary N) is 1. The largest absolute Gasteiger partial charge is 0.399 e. The third kappa shape index (κ3) is 3.34. The Morgan fingerprint density at radius 2 is 1.70 bits per heavy atom. The first-order chi connectivity index (χ1) is 9.40. The molecule has 0 aliphatic carbocycles. The number of nitriles is 1. The van der Waals surface area contributed by atoms with E-state index in [2.05, 4.69) is 51.1 Å². The van der Waals surface area contributed by atoms with E-state index in [1.54, 1.807) is 17.8 Å². The van der Waals surface area contributed by atoms with Crippen LogP contribution >= 0.6 is 11.8 Å². The van der Waals surface area contributed by atoms with Crippen molar-refractivity contribution >= 4 is 17.4 Å². The Labute approximate surface area is 124 Å². The zero-order valence-corrected chi connectivity index (χ0v) is 12.8. The maximum atomic E-state index is 9.15. The van der Waals surface area contributed by atoms with Crippen LogP contribution in [0.3, 0.4) is 0 Å². The van der Waals surface area contributed by atoms with Crippen molar-refractivity contribution < 1.29 is 0 Å². The monoisotopic (exact) mass is 282 g/mol. The van der Waals surface area contributed by atoms with E-state index in [9.17, 15) is 0 Å². The molecule has 2 nitrogen and oxygen atoms in total. The summed E-state index contributed by atoms with van der Waals surface area (Å²) in [4.78, 5) is 2.06. The highest BCUT2D eigenvalue weighted by Gasteiger charge is 2.13. The number of nitrogens with zero attached hydrogens (tertiary/aromatic N) is 1. The summed E-state index contributed by atoms with van der Waals surface area (Å²) in [5.74, 6) is 0. The minimum absolute atomic E-state index is 0.155. The van der Waals surface area contributed by atoms with Gasteiger partial charge in [-0.2, -0.15) is 5.26 Å². The molecule has 0 heterocycles. The maximum Gasteiger partial charge on any atom is 0.100 e. The van der Waals surface area contributed by atoms with Crippen LogP contribution < -0.4 is 5.73 Å². The second kappa shape index (κ2) is 5.60. The lowest BCUT2D eigenvalue weighted by Crippen LogP contribution is -2.10. The van der Waals surface area contributed by atoms with Crippen LogP contribution in [0.5, 0.6) is 0 Å². The van der Waals surface area contributed by atoms with E-state index in [0.717, 1.165) is 9.79 Å². The van der Waals surface area contributed by atoms with Gasteiger partial charge in [0.25, 0.3) is 0 Å². The van der Waals surface area contributed by atoms with Gasteiger partial charge in [-0.15, -0.1) is 0 Å². The summed E-state index contributed by atoms with van der Waals surface area (Å²) in [6.07, 6.45) is 0. The van der Waals surface area contributed by atoms with Gasteiger partial charge in [-0.1, -0.05) is 44.7 Å². The molecule has 0 bridgehead atoms. The highest BCUT2D eigenvalue weighted by Crippen LogP contribution is 2.32. The van der Waals surface area contributed by atoms with Crippen LogP contribution in [-0.2, 0) is 5.41 Å². The lowest BCUT2D eigenvalue weighted by atomic mass is 9.87. The zero-order valence-electron chi connectivity index (χ0n) is 12.0. The molecule has 102 valence electrons. The van der Waals surface area contributed by atoms with Crippen molar-refractivity contribution in [2.24, 2.45) is 0 Å². The molecular formula is C17H18N2S. The van der Waals surface area contributed by atoms with Crippen molar-refractivity contribution in [3.63, 3.8) is 0 Å². The van der Waals surface area contributed by atoms with Crippen molar-refractivity contribution in [1.29, 1.82) is 5.26 Å². The summed E-state index contributed by atoms with van der Waals surface area (Å²) in [6, 6.07) is 16.1. The SMILES string of the molecule is CC(C)(C)c1ccc(Sc2ccc(N)cc2C#N)cc1. The molecule has 0 fully saturated rings. The van der Waals surface area contributed by atoms with Crippen molar-refractivity contribution in [3.05, 3.63) is 53.6 Å². The van der Waals surface area contributed by atoms with Gasteiger partial charge in [-0.25, -0.2) is 0 Å². The third-order valence-electron chi connectivity index (χ3n) is 3.07. The lowest BCUT2D eigenvalue weighted by molar-refractivity contribution is 0.590. The first-order valence-electron chi connectivity index (χ1n) is 6.48. The van der Waals surface area contributed by atoms with Gasteiger partial charge < -0.3 is 5.73 Å². The van der Waals surface area contributed by atoms with Crippen molar-refractivity contribution in [1.82, 2.24) is 0 Å². The number of hydrogen-bond acceptors (Lipinski definition) is 3. The van der Waals surface area contributed by atoms with Gasteiger partial charge in [0.15, 0.2) is 0 Å². The summed E-state index contributed by atoms with van der Waals surface area (Å²) in [5.41, 5.74) is 8.40. The summed E-state index contributed by atoms with van der Waals surface area (Å²) >= 11 is 1.59. The first-order valence-corrected chi connectivity index (χ1v) is 7.30. The molecule has 0 aliphatic heterocycles. The molecule has 20 heavy (non-hydrogen) atoms. The molecule has 0 radical (unpaired) electrons. The van der Waals surface area contributed by atoms with Crippen LogP contribution in [0.2, 0.25) is 0 Å². The molecule has 2 aromatic carbocycles. The predicted octanol–water partition coefficient (Wildman–Crippen LogP) is 4.59. The minimum Gasteiger partial charge on any atom is -0.399 e. The number of anilines is 1. The summed E-state index contributed by atoms with van der Waals surface area (Å²) < 4.78 is 0. The summed E-state index contributed by atoms with van der Waals surface area (Å²) in [7, 11) is 0. The molecule has 0 aliphatic rings. The van der Waals surface area contributed by atoms with Gasteiger partial charge in [0.1, 0.15) is 6.07 Å². The average Bonchev–Trinajstić information content (AvgIpc) is 2.40. The molecule has 0 saturated heterocycles. The molecular weight excluding hydrogens is 264 g/mol. The molecule has 0 unspecified atom stereocenters. The van der Waals surface area contributed by atoms with E-state index in [-0.39, 0.29) is 5.41 Å². The van der Waals surface area contributed by atoms with Crippen LogP contribution in [0.25, 0.3) is 0 Å². The zero-order chi connectivity index (χ0) is 14.8. The number of benzene rings is 2. The smallest absolute Gasteiger partial charge is 0.100 e. The predicted molar refractivity (Wildman–Crippen MR) is 84.8 cm³/mol. The minimum atomic E-state index is 0.155. The van der Waals surface area contributed by atoms with Gasteiger partial charge >= 0.3 is 0 Å². The molecule has 0 saturated carbocycles. The Morgan fingerprint density at radius 1 is 1.05 bits per heavy atom. The molecule has 3 heteroatoms. The molecule has 2 rings (SSSR count). The van der Waals surface area contributed by atoms with Crippen molar-refractivity contribution in [3.8, 4) is 6.07 Å². The van der Waals surface area contributed by atoms with E-state index in [0.29, 0.717) is 11.3 Å². The Morgan fingerprint density at radius 3 is 2.25 bits per heavy atom. The Hall–Kier alpha value is -1.92. The molecule has 0 spiro atoms. The second-order valence-corrected chi connectivity index (χ2v) is 6.86. The fraction of sp³-hybridized carbons (Fsp3) is 0.235. The normalized spacial score (nSPS) is 11.1. The van der Waals surface area contributed by atoms with Crippen LogP contribution in [-0.4, -0.2) is 0 Å². The van der Waals surface area contributed by atoms with E-state index < -0.39 is 0 Å². The number of hydrogen-bond donors (Lipinski definition) is 1. The molecule has 0 amide bonds. The quantitative estimate of drug-likeness (QED) is 0.820. The van der Waals surface area contributed by atoms with Gasteiger partial charge in [-0.05, 0) is 41.3 Å². The first kappa shape index (κ1) is 14.5. The Bertz CT molecular complexity index is 646. The van der Waals surface area contributed by atoms with Gasteiger partial charge in [0, 0.05) is 15.5 Å². The van der Waals surface area contributed by atoms with E-state index in [4.69, 9.17) is 11.0 Å². The summed E-state index contributed by atoms with van der Waals surface area (Å²) in [5, 5.41) is 9.15. The topological polar surface area (TPSA) is 49.8 Å².